The molecule has 0 aliphatic carbocycles. The molecule has 10 atom stereocenters. The third-order valence-corrected chi connectivity index (χ3v) is 22.7. The lowest BCUT2D eigenvalue weighted by molar-refractivity contribution is -0.339. The second-order valence-electron chi connectivity index (χ2n) is 24.2. The van der Waals surface area contributed by atoms with Crippen LogP contribution in [-0.2, 0) is 41.3 Å². The number of amides is 4. The van der Waals surface area contributed by atoms with Crippen LogP contribution in [0.4, 0.5) is 0 Å². The van der Waals surface area contributed by atoms with Crippen molar-refractivity contribution in [1.29, 1.82) is 0 Å². The molecule has 12 rings (SSSR count). The summed E-state index contributed by atoms with van der Waals surface area (Å²) >= 11 is 0. The maximum absolute atomic E-state index is 15.4. The highest BCUT2D eigenvalue weighted by Gasteiger charge is 2.61. The first kappa shape index (κ1) is 64.9. The van der Waals surface area contributed by atoms with Crippen LogP contribution in [0.25, 0.3) is 0 Å². The number of rotatable bonds is 24. The van der Waals surface area contributed by atoms with Gasteiger partial charge in [-0.3, -0.25) is 29.0 Å². The number of imide groups is 2. The van der Waals surface area contributed by atoms with Gasteiger partial charge < -0.3 is 61.6 Å². The van der Waals surface area contributed by atoms with Gasteiger partial charge in [-0.25, -0.2) is 0 Å². The van der Waals surface area contributed by atoms with Crippen molar-refractivity contribution < 1.29 is 80.8 Å². The van der Waals surface area contributed by atoms with E-state index in [-0.39, 0.29) is 54.4 Å². The highest BCUT2D eigenvalue weighted by molar-refractivity contribution is 6.99. The lowest BCUT2D eigenvalue weighted by atomic mass is 9.92. The van der Waals surface area contributed by atoms with Crippen molar-refractivity contribution in [2.24, 2.45) is 0 Å². The number of fused-ring (bicyclic) bond motifs is 2. The minimum atomic E-state index is -3.53. The van der Waals surface area contributed by atoms with Crippen LogP contribution in [0, 0.1) is 0 Å². The molecule has 2 saturated heterocycles. The fourth-order valence-corrected chi connectivity index (χ4v) is 17.5. The van der Waals surface area contributed by atoms with E-state index in [0.717, 1.165) is 20.2 Å². The number of carbonyl (C=O) groups excluding carboxylic acids is 4. The Kier molecular flexibility index (Phi) is 19.4. The zero-order chi connectivity index (χ0) is 65.7. The quantitative estimate of drug-likeness (QED) is 0.0442. The zero-order valence-corrected chi connectivity index (χ0v) is 54.1. The third-order valence-electron chi connectivity index (χ3n) is 17.7. The molecule has 1 N–H and O–H groups in total. The number of benzene rings is 8. The molecule has 0 aromatic heterocycles. The van der Waals surface area contributed by atoms with Gasteiger partial charge in [-0.2, -0.15) is 0 Å². The summed E-state index contributed by atoms with van der Waals surface area (Å²) in [4.78, 5) is 63.4. The average molecular weight is 1290 g/mol. The Labute approximate surface area is 546 Å². The molecule has 0 unspecified atom stereocenters. The molecule has 94 heavy (non-hydrogen) atoms. The van der Waals surface area contributed by atoms with Gasteiger partial charge in [0.1, 0.15) is 89.8 Å². The summed E-state index contributed by atoms with van der Waals surface area (Å²) in [6.45, 7) is 5.51. The molecule has 8 aromatic rings. The summed E-state index contributed by atoms with van der Waals surface area (Å²) in [5, 5.41) is 14.3. The first-order valence-electron chi connectivity index (χ1n) is 31.0. The molecule has 20 heteroatoms. The molecular weight excluding hydrogens is 1220 g/mol. The molecule has 0 spiro atoms. The van der Waals surface area contributed by atoms with Crippen LogP contribution in [0.15, 0.2) is 206 Å². The monoisotopic (exact) mass is 1290 g/mol. The number of hydrogen-bond donors (Lipinski definition) is 1. The maximum Gasteiger partial charge on any atom is 0.262 e. The third kappa shape index (κ3) is 12.9. The standard InChI is InChI=1S/C74H74N2O17Si/c1-74(2,3)94(54-18-10-8-11-19-54,55-20-12-9-13-21-55)89-45-61-65(67(88-43-47-28-32-49(83-5)33-29-47)63(72(92-61)90-53-40-36-51(85-7)37-41-53)76-70(80)58-24-16-17-25-59(58)71(76)81)93-73-62(75-68(78)56-22-14-15-23-57(56)69(75)79)66(87-42-46-26-30-48(82-4)31-27-46)64(77)60(91-73)44-86-52-38-34-50(84-6)35-39-52/h8-41,60-67,72-73,77H,42-45H2,1-7H3/t60-,61-,62-,63-,64-,65-,66-,67-,72-,73+/m1/s1. The maximum atomic E-state index is 15.4. The second-order valence-corrected chi connectivity index (χ2v) is 28.5. The summed E-state index contributed by atoms with van der Waals surface area (Å²) in [6.07, 6.45) is -12.1. The minimum Gasteiger partial charge on any atom is -0.497 e. The normalized spacial score (nSPS) is 22.8. The van der Waals surface area contributed by atoms with Crippen molar-refractivity contribution in [2.75, 3.05) is 41.7 Å². The van der Waals surface area contributed by atoms with Crippen LogP contribution in [-0.4, -0.2) is 150 Å². The van der Waals surface area contributed by atoms with E-state index in [4.69, 9.17) is 56.5 Å². The second kappa shape index (κ2) is 28.2. The Morgan fingerprint density at radius 2 is 0.798 bits per heavy atom. The van der Waals surface area contributed by atoms with Crippen molar-refractivity contribution in [3.63, 3.8) is 0 Å². The Hall–Kier alpha value is -9.22. The topological polar surface area (TPSA) is 206 Å². The van der Waals surface area contributed by atoms with E-state index in [2.05, 4.69) is 45.0 Å². The van der Waals surface area contributed by atoms with Gasteiger partial charge in [0.05, 0.1) is 70.5 Å². The number of nitrogens with zero attached hydrogens (tertiary/aromatic N) is 2. The number of aliphatic hydroxyl groups is 1. The fourth-order valence-electron chi connectivity index (χ4n) is 12.9. The van der Waals surface area contributed by atoms with Gasteiger partial charge in [0, 0.05) is 0 Å². The first-order chi connectivity index (χ1) is 45.6. The van der Waals surface area contributed by atoms with Crippen LogP contribution in [0.2, 0.25) is 5.04 Å². The van der Waals surface area contributed by atoms with Crippen molar-refractivity contribution in [1.82, 2.24) is 9.80 Å². The van der Waals surface area contributed by atoms with Crippen LogP contribution >= 0.6 is 0 Å². The molecule has 4 aliphatic heterocycles. The molecule has 486 valence electrons. The van der Waals surface area contributed by atoms with Crippen LogP contribution in [0.5, 0.6) is 34.5 Å². The number of ether oxygens (including phenoxy) is 11. The number of methoxy groups -OCH3 is 4. The molecule has 0 bridgehead atoms. The molecule has 0 radical (unpaired) electrons. The largest absolute Gasteiger partial charge is 0.497 e. The molecular formula is C74H74N2O17Si. The number of aliphatic hydroxyl groups excluding tert-OH is 1. The van der Waals surface area contributed by atoms with Gasteiger partial charge in [0.25, 0.3) is 31.9 Å². The highest BCUT2D eigenvalue weighted by atomic mass is 28.4. The van der Waals surface area contributed by atoms with E-state index in [1.807, 2.05) is 48.5 Å². The summed E-state index contributed by atoms with van der Waals surface area (Å²) < 4.78 is 79.7. The van der Waals surface area contributed by atoms with Gasteiger partial charge in [0.2, 0.25) is 6.29 Å². The Bertz CT molecular complexity index is 3820. The van der Waals surface area contributed by atoms with Gasteiger partial charge in [-0.05, 0) is 124 Å². The molecule has 4 heterocycles. The number of carbonyl (C=O) groups is 4. The summed E-state index contributed by atoms with van der Waals surface area (Å²) in [7, 11) is 2.68. The number of hydrogen-bond acceptors (Lipinski definition) is 17. The fraction of sp³-hybridized carbons (Fsp3) is 0.297. The van der Waals surface area contributed by atoms with E-state index < -0.39 is 98.3 Å². The zero-order valence-electron chi connectivity index (χ0n) is 53.1. The summed E-state index contributed by atoms with van der Waals surface area (Å²) in [5.41, 5.74) is 1.77. The molecule has 19 nitrogen and oxygen atoms in total. The smallest absolute Gasteiger partial charge is 0.262 e. The van der Waals surface area contributed by atoms with Gasteiger partial charge in [0.15, 0.2) is 6.29 Å². The van der Waals surface area contributed by atoms with E-state index >= 15 is 19.2 Å². The van der Waals surface area contributed by atoms with E-state index in [0.29, 0.717) is 39.9 Å². The summed E-state index contributed by atoms with van der Waals surface area (Å²) in [5.74, 6) is 0.196. The molecule has 8 aromatic carbocycles. The Balaban J connectivity index is 1.06. The molecule has 0 saturated carbocycles. The molecule has 2 fully saturated rings. The van der Waals surface area contributed by atoms with Crippen molar-refractivity contribution in [3.05, 3.63) is 240 Å². The van der Waals surface area contributed by atoms with E-state index in [1.165, 1.54) is 0 Å². The molecule has 4 aliphatic rings. The van der Waals surface area contributed by atoms with Crippen molar-refractivity contribution >= 4 is 42.3 Å². The van der Waals surface area contributed by atoms with Crippen molar-refractivity contribution in [3.8, 4) is 34.5 Å². The minimum absolute atomic E-state index is 0.0992. The van der Waals surface area contributed by atoms with Gasteiger partial charge in [-0.1, -0.05) is 130 Å². The van der Waals surface area contributed by atoms with Gasteiger partial charge >= 0.3 is 0 Å². The predicted octanol–water partition coefficient (Wildman–Crippen LogP) is 9.45. The van der Waals surface area contributed by atoms with E-state index in [9.17, 15) is 5.11 Å². The van der Waals surface area contributed by atoms with Crippen LogP contribution in [0.1, 0.15) is 73.3 Å². The van der Waals surface area contributed by atoms with Gasteiger partial charge in [-0.15, -0.1) is 0 Å². The highest BCUT2D eigenvalue weighted by Crippen LogP contribution is 2.43. The lowest BCUT2D eigenvalue weighted by Gasteiger charge is -2.52. The Morgan fingerprint density at radius 1 is 0.426 bits per heavy atom. The molecule has 4 amide bonds. The predicted molar refractivity (Wildman–Crippen MR) is 348 cm³/mol. The Morgan fingerprint density at radius 3 is 1.22 bits per heavy atom. The lowest BCUT2D eigenvalue weighted by Crippen LogP contribution is -2.72. The van der Waals surface area contributed by atoms with Crippen LogP contribution in [0.3, 0.4) is 0 Å². The first-order valence-corrected chi connectivity index (χ1v) is 32.9. The van der Waals surface area contributed by atoms with Crippen LogP contribution < -0.4 is 38.8 Å². The van der Waals surface area contributed by atoms with E-state index in [1.54, 1.807) is 162 Å². The average Bonchev–Trinajstić information content (AvgIpc) is 1.25. The summed E-state index contributed by atoms with van der Waals surface area (Å²) in [6, 6.07) is 57.8. The SMILES string of the molecule is COc1ccc(CO[C@H]2[C@H](O)[C@@H](COc3ccc(OC)cc3)O[C@@H](O[C@H]3[C@H](OCc4ccc(OC)cc4)[C@@H](N4C(=O)c5ccccc5C4=O)[C@H](Oc4ccc(OC)cc4)O[C@@H]3CO[Si](c3ccccc3)(c3ccccc3)C(C)(C)C)[C@@H]2N2C(=O)c3ccccc3C2=O)cc1. The van der Waals surface area contributed by atoms with Crippen molar-refractivity contribution in [2.45, 2.75) is 100 Å².